The molecule has 136 valence electrons. The largest absolute Gasteiger partial charge is 0.449 e. The van der Waals surface area contributed by atoms with Crippen molar-refractivity contribution in [2.24, 2.45) is 5.73 Å². The lowest BCUT2D eigenvalue weighted by Crippen LogP contribution is -2.41. The minimum Gasteiger partial charge on any atom is -0.449 e. The van der Waals surface area contributed by atoms with Crippen LogP contribution >= 0.6 is 0 Å². The molecule has 2 rings (SSSR count). The van der Waals surface area contributed by atoms with Gasteiger partial charge in [0, 0.05) is 11.7 Å². The van der Waals surface area contributed by atoms with Crippen LogP contribution in [-0.4, -0.2) is 30.1 Å². The van der Waals surface area contributed by atoms with Gasteiger partial charge in [-0.2, -0.15) is 0 Å². The van der Waals surface area contributed by atoms with Gasteiger partial charge in [-0.05, 0) is 38.0 Å². The smallest absolute Gasteiger partial charge is 0.338 e. The maximum Gasteiger partial charge on any atom is 0.338 e. The predicted octanol–water partition coefficient (Wildman–Crippen LogP) is 2.56. The number of ether oxygens (including phenoxy) is 1. The molecule has 4 N–H and O–H groups in total. The highest BCUT2D eigenvalue weighted by molar-refractivity contribution is 5.95. The van der Waals surface area contributed by atoms with Crippen molar-refractivity contribution in [3.63, 3.8) is 0 Å². The van der Waals surface area contributed by atoms with Crippen molar-refractivity contribution in [1.82, 2.24) is 5.32 Å². The normalized spacial score (nSPS) is 16.4. The molecule has 0 aliphatic heterocycles. The number of rotatable bonds is 5. The predicted molar refractivity (Wildman–Crippen MR) is 94.2 cm³/mol. The standard InChI is InChI=1S/C18H25N3O4/c1-12(16(22)20-14-8-4-2-3-5-9-14)25-17(23)13-7-6-10-15(11-13)21-18(19)24/h6-7,10-12,14H,2-5,8-9H2,1H3,(H,20,22)(H3,19,21,24)/t12-/m1/s1. The molecule has 25 heavy (non-hydrogen) atoms. The Morgan fingerprint density at radius 2 is 1.84 bits per heavy atom. The van der Waals surface area contributed by atoms with Crippen LogP contribution in [-0.2, 0) is 9.53 Å². The molecule has 0 saturated heterocycles. The second-order valence-corrected chi connectivity index (χ2v) is 6.31. The summed E-state index contributed by atoms with van der Waals surface area (Å²) >= 11 is 0. The molecule has 7 heteroatoms. The molecular weight excluding hydrogens is 322 g/mol. The Labute approximate surface area is 147 Å². The number of hydrogen-bond acceptors (Lipinski definition) is 4. The number of nitrogens with two attached hydrogens (primary N) is 1. The topological polar surface area (TPSA) is 111 Å². The van der Waals surface area contributed by atoms with Gasteiger partial charge in [-0.25, -0.2) is 9.59 Å². The quantitative estimate of drug-likeness (QED) is 0.561. The summed E-state index contributed by atoms with van der Waals surface area (Å²) < 4.78 is 5.24. The van der Waals surface area contributed by atoms with Crippen LogP contribution in [0.4, 0.5) is 10.5 Å². The number of hydrogen-bond donors (Lipinski definition) is 3. The molecule has 1 aliphatic carbocycles. The molecule has 1 fully saturated rings. The fourth-order valence-electron chi connectivity index (χ4n) is 2.89. The Morgan fingerprint density at radius 1 is 1.16 bits per heavy atom. The van der Waals surface area contributed by atoms with E-state index in [1.807, 2.05) is 0 Å². The number of urea groups is 1. The second kappa shape index (κ2) is 9.05. The summed E-state index contributed by atoms with van der Waals surface area (Å²) in [6.07, 6.45) is 5.67. The van der Waals surface area contributed by atoms with Crippen molar-refractivity contribution in [3.05, 3.63) is 29.8 Å². The van der Waals surface area contributed by atoms with Gasteiger partial charge in [0.1, 0.15) is 0 Å². The summed E-state index contributed by atoms with van der Waals surface area (Å²) in [6.45, 7) is 1.55. The highest BCUT2D eigenvalue weighted by atomic mass is 16.5. The number of nitrogens with one attached hydrogen (secondary N) is 2. The highest BCUT2D eigenvalue weighted by Gasteiger charge is 2.22. The molecule has 0 heterocycles. The van der Waals surface area contributed by atoms with Gasteiger partial charge >= 0.3 is 12.0 Å². The Hall–Kier alpha value is -2.57. The van der Waals surface area contributed by atoms with Crippen LogP contribution < -0.4 is 16.4 Å². The fourth-order valence-corrected chi connectivity index (χ4v) is 2.89. The zero-order chi connectivity index (χ0) is 18.2. The van der Waals surface area contributed by atoms with Crippen molar-refractivity contribution < 1.29 is 19.1 Å². The lowest BCUT2D eigenvalue weighted by atomic mass is 10.1. The Balaban J connectivity index is 1.90. The lowest BCUT2D eigenvalue weighted by Gasteiger charge is -2.19. The zero-order valence-electron chi connectivity index (χ0n) is 14.4. The van der Waals surface area contributed by atoms with Gasteiger partial charge < -0.3 is 21.1 Å². The molecular formula is C18H25N3O4. The molecule has 0 radical (unpaired) electrons. The minimum atomic E-state index is -0.886. The first kappa shape index (κ1) is 18.8. The van der Waals surface area contributed by atoms with Crippen LogP contribution in [0.2, 0.25) is 0 Å². The molecule has 0 spiro atoms. The van der Waals surface area contributed by atoms with E-state index in [4.69, 9.17) is 10.5 Å². The number of esters is 1. The monoisotopic (exact) mass is 347 g/mol. The average Bonchev–Trinajstić information content (AvgIpc) is 2.83. The number of amides is 3. The van der Waals surface area contributed by atoms with Crippen LogP contribution in [0.3, 0.4) is 0 Å². The van der Waals surface area contributed by atoms with Crippen molar-refractivity contribution in [2.75, 3.05) is 5.32 Å². The molecule has 0 bridgehead atoms. The molecule has 0 unspecified atom stereocenters. The van der Waals surface area contributed by atoms with Gasteiger partial charge in [-0.1, -0.05) is 31.7 Å². The average molecular weight is 347 g/mol. The summed E-state index contributed by atoms with van der Waals surface area (Å²) in [6, 6.07) is 5.62. The van der Waals surface area contributed by atoms with E-state index in [0.29, 0.717) is 5.69 Å². The molecule has 1 atom stereocenters. The molecule has 3 amide bonds. The molecule has 1 aromatic rings. The van der Waals surface area contributed by atoms with Gasteiger partial charge in [0.2, 0.25) is 0 Å². The van der Waals surface area contributed by atoms with E-state index >= 15 is 0 Å². The van der Waals surface area contributed by atoms with Gasteiger partial charge in [0.05, 0.1) is 5.56 Å². The molecule has 1 aromatic carbocycles. The highest BCUT2D eigenvalue weighted by Crippen LogP contribution is 2.17. The Morgan fingerprint density at radius 3 is 2.48 bits per heavy atom. The van der Waals surface area contributed by atoms with E-state index in [-0.39, 0.29) is 17.5 Å². The van der Waals surface area contributed by atoms with Crippen molar-refractivity contribution in [3.8, 4) is 0 Å². The van der Waals surface area contributed by atoms with Gasteiger partial charge in [-0.3, -0.25) is 4.79 Å². The third kappa shape index (κ3) is 6.10. The van der Waals surface area contributed by atoms with Crippen LogP contribution in [0, 0.1) is 0 Å². The summed E-state index contributed by atoms with van der Waals surface area (Å²) in [7, 11) is 0. The van der Waals surface area contributed by atoms with Crippen molar-refractivity contribution in [1.29, 1.82) is 0 Å². The van der Waals surface area contributed by atoms with Gasteiger partial charge in [0.25, 0.3) is 5.91 Å². The number of anilines is 1. The maximum absolute atomic E-state index is 12.2. The van der Waals surface area contributed by atoms with Crippen molar-refractivity contribution in [2.45, 2.75) is 57.6 Å². The molecule has 0 aromatic heterocycles. The van der Waals surface area contributed by atoms with Gasteiger partial charge in [-0.15, -0.1) is 0 Å². The number of carbonyl (C=O) groups is 3. The summed E-state index contributed by atoms with van der Waals surface area (Å²) in [5.41, 5.74) is 5.67. The summed E-state index contributed by atoms with van der Waals surface area (Å²) in [5.74, 6) is -0.914. The van der Waals surface area contributed by atoms with E-state index in [1.165, 1.54) is 18.9 Å². The SMILES string of the molecule is C[C@@H](OC(=O)c1cccc(NC(N)=O)c1)C(=O)NC1CCCCCC1. The Bertz CT molecular complexity index is 625. The molecule has 1 aliphatic rings. The zero-order valence-corrected chi connectivity index (χ0v) is 14.4. The third-order valence-electron chi connectivity index (χ3n) is 4.22. The van der Waals surface area contributed by atoms with Crippen LogP contribution in [0.1, 0.15) is 55.8 Å². The number of benzene rings is 1. The third-order valence-corrected chi connectivity index (χ3v) is 4.22. The van der Waals surface area contributed by atoms with E-state index < -0.39 is 18.1 Å². The van der Waals surface area contributed by atoms with Crippen LogP contribution in [0.15, 0.2) is 24.3 Å². The second-order valence-electron chi connectivity index (χ2n) is 6.31. The first-order chi connectivity index (χ1) is 12.0. The first-order valence-corrected chi connectivity index (χ1v) is 8.63. The number of carbonyl (C=O) groups excluding carboxylic acids is 3. The Kier molecular flexibility index (Phi) is 6.80. The van der Waals surface area contributed by atoms with Crippen LogP contribution in [0.5, 0.6) is 0 Å². The minimum absolute atomic E-state index is 0.152. The first-order valence-electron chi connectivity index (χ1n) is 8.63. The molecule has 1 saturated carbocycles. The molecule has 7 nitrogen and oxygen atoms in total. The van der Waals surface area contributed by atoms with E-state index in [0.717, 1.165) is 25.7 Å². The van der Waals surface area contributed by atoms with E-state index in [9.17, 15) is 14.4 Å². The van der Waals surface area contributed by atoms with E-state index in [2.05, 4.69) is 10.6 Å². The lowest BCUT2D eigenvalue weighted by molar-refractivity contribution is -0.129. The fraction of sp³-hybridized carbons (Fsp3) is 0.500. The van der Waals surface area contributed by atoms with Gasteiger partial charge in [0.15, 0.2) is 6.10 Å². The summed E-state index contributed by atoms with van der Waals surface area (Å²) in [4.78, 5) is 35.3. The summed E-state index contributed by atoms with van der Waals surface area (Å²) in [5, 5.41) is 5.35. The maximum atomic E-state index is 12.2. The van der Waals surface area contributed by atoms with E-state index in [1.54, 1.807) is 25.1 Å². The van der Waals surface area contributed by atoms with Crippen LogP contribution in [0.25, 0.3) is 0 Å². The number of primary amides is 1. The van der Waals surface area contributed by atoms with Crippen molar-refractivity contribution >= 4 is 23.6 Å².